The molecule has 0 aliphatic heterocycles. The highest BCUT2D eigenvalue weighted by molar-refractivity contribution is 5.25. The summed E-state index contributed by atoms with van der Waals surface area (Å²) >= 11 is 0. The molecule has 3 heteroatoms. The molecule has 2 rings (SSSR count). The molecule has 0 amide bonds. The first kappa shape index (κ1) is 14.4. The molecule has 1 aliphatic rings. The van der Waals surface area contributed by atoms with E-state index < -0.39 is 0 Å². The fraction of sp³-hybridized carbons (Fsp3) is 0.750. The molecule has 1 aromatic heterocycles. The number of hydrogen-bond donors (Lipinski definition) is 1. The lowest BCUT2D eigenvalue weighted by molar-refractivity contribution is 0.427. The summed E-state index contributed by atoms with van der Waals surface area (Å²) in [5, 5.41) is 3.20. The fourth-order valence-corrected chi connectivity index (χ4v) is 3.11. The molecule has 0 aromatic carbocycles. The zero-order valence-corrected chi connectivity index (χ0v) is 12.6. The van der Waals surface area contributed by atoms with Crippen LogP contribution in [0.3, 0.4) is 0 Å². The van der Waals surface area contributed by atoms with Crippen LogP contribution >= 0.6 is 0 Å². The predicted octanol–water partition coefficient (Wildman–Crippen LogP) is 3.29. The van der Waals surface area contributed by atoms with Gasteiger partial charge in [0.2, 0.25) is 0 Å². The summed E-state index contributed by atoms with van der Waals surface area (Å²) in [6.45, 7) is 5.36. The Bertz CT molecular complexity index is 385. The van der Waals surface area contributed by atoms with Crippen LogP contribution in [0.25, 0.3) is 0 Å². The summed E-state index contributed by atoms with van der Waals surface area (Å²) < 4.78 is 0. The number of rotatable bonds is 5. The number of aromatic nitrogens is 2. The summed E-state index contributed by atoms with van der Waals surface area (Å²) in [6.07, 6.45) is 8.87. The second kappa shape index (κ2) is 6.99. The van der Waals surface area contributed by atoms with Crippen molar-refractivity contribution in [1.82, 2.24) is 15.3 Å². The smallest absolute Gasteiger partial charge is 0.131 e. The molecule has 1 aromatic rings. The van der Waals surface area contributed by atoms with E-state index >= 15 is 0 Å². The number of nitrogens with one attached hydrogen (secondary N) is 1. The van der Waals surface area contributed by atoms with Gasteiger partial charge in [-0.2, -0.15) is 0 Å². The monoisotopic (exact) mass is 261 g/mol. The molecule has 1 heterocycles. The second-order valence-corrected chi connectivity index (χ2v) is 5.77. The topological polar surface area (TPSA) is 37.8 Å². The molecule has 0 spiro atoms. The molecule has 1 saturated carbocycles. The van der Waals surface area contributed by atoms with Gasteiger partial charge in [0.05, 0.1) is 0 Å². The SMILES string of the molecule is CNCCCc1c(C)nc(C2CCCCC2)nc1C. The molecular weight excluding hydrogens is 234 g/mol. The molecule has 0 atom stereocenters. The Morgan fingerprint density at radius 2 is 1.68 bits per heavy atom. The van der Waals surface area contributed by atoms with Crippen LogP contribution in [0.1, 0.15) is 67.2 Å². The van der Waals surface area contributed by atoms with Gasteiger partial charge in [0.15, 0.2) is 0 Å². The van der Waals surface area contributed by atoms with Gasteiger partial charge in [-0.3, -0.25) is 0 Å². The lowest BCUT2D eigenvalue weighted by Gasteiger charge is -2.21. The van der Waals surface area contributed by atoms with E-state index in [1.54, 1.807) is 0 Å². The van der Waals surface area contributed by atoms with Crippen molar-refractivity contribution in [3.05, 3.63) is 22.8 Å². The van der Waals surface area contributed by atoms with E-state index in [-0.39, 0.29) is 0 Å². The van der Waals surface area contributed by atoms with Crippen LogP contribution in [0.5, 0.6) is 0 Å². The Hall–Kier alpha value is -0.960. The van der Waals surface area contributed by atoms with Crippen molar-refractivity contribution in [2.45, 2.75) is 64.7 Å². The van der Waals surface area contributed by atoms with E-state index in [1.807, 2.05) is 7.05 Å². The normalized spacial score (nSPS) is 16.8. The van der Waals surface area contributed by atoms with Gasteiger partial charge < -0.3 is 5.32 Å². The molecule has 19 heavy (non-hydrogen) atoms. The summed E-state index contributed by atoms with van der Waals surface area (Å²) in [4.78, 5) is 9.61. The largest absolute Gasteiger partial charge is 0.320 e. The standard InChI is InChI=1S/C16H27N3/c1-12-15(10-7-11-17-3)13(2)19-16(18-12)14-8-5-4-6-9-14/h14,17H,4-11H2,1-3H3. The Balaban J connectivity index is 2.11. The molecule has 106 valence electrons. The van der Waals surface area contributed by atoms with Crippen molar-refractivity contribution >= 4 is 0 Å². The maximum absolute atomic E-state index is 4.80. The molecule has 0 radical (unpaired) electrons. The summed E-state index contributed by atoms with van der Waals surface area (Å²) in [5.41, 5.74) is 3.75. The first-order valence-corrected chi connectivity index (χ1v) is 7.71. The van der Waals surface area contributed by atoms with Crippen LogP contribution in [-0.2, 0) is 6.42 Å². The van der Waals surface area contributed by atoms with E-state index in [0.717, 1.165) is 25.2 Å². The van der Waals surface area contributed by atoms with Crippen LogP contribution in [0.2, 0.25) is 0 Å². The van der Waals surface area contributed by atoms with Gasteiger partial charge in [0.1, 0.15) is 5.82 Å². The molecule has 1 fully saturated rings. The molecule has 0 bridgehead atoms. The molecule has 0 saturated heterocycles. The van der Waals surface area contributed by atoms with Crippen LogP contribution in [0, 0.1) is 13.8 Å². The third-order valence-electron chi connectivity index (χ3n) is 4.26. The molecule has 0 unspecified atom stereocenters. The molecule has 1 aliphatic carbocycles. The Morgan fingerprint density at radius 1 is 1.05 bits per heavy atom. The average molecular weight is 261 g/mol. The van der Waals surface area contributed by atoms with Crippen molar-refractivity contribution in [3.63, 3.8) is 0 Å². The quantitative estimate of drug-likeness (QED) is 0.826. The number of nitrogens with zero attached hydrogens (tertiary/aromatic N) is 2. The summed E-state index contributed by atoms with van der Waals surface area (Å²) in [6, 6.07) is 0. The summed E-state index contributed by atoms with van der Waals surface area (Å²) in [5.74, 6) is 1.71. The van der Waals surface area contributed by atoms with Crippen LogP contribution < -0.4 is 5.32 Å². The van der Waals surface area contributed by atoms with Crippen molar-refractivity contribution in [2.24, 2.45) is 0 Å². The van der Waals surface area contributed by atoms with Crippen LogP contribution in [-0.4, -0.2) is 23.6 Å². The summed E-state index contributed by atoms with van der Waals surface area (Å²) in [7, 11) is 2.00. The Morgan fingerprint density at radius 3 is 2.26 bits per heavy atom. The van der Waals surface area contributed by atoms with Crippen molar-refractivity contribution < 1.29 is 0 Å². The molecule has 1 N–H and O–H groups in total. The van der Waals surface area contributed by atoms with Crippen molar-refractivity contribution in [1.29, 1.82) is 0 Å². The minimum atomic E-state index is 0.609. The molecule has 3 nitrogen and oxygen atoms in total. The van der Waals surface area contributed by atoms with Gasteiger partial charge in [-0.05, 0) is 58.7 Å². The van der Waals surface area contributed by atoms with Gasteiger partial charge in [-0.1, -0.05) is 19.3 Å². The minimum Gasteiger partial charge on any atom is -0.320 e. The average Bonchev–Trinajstić information content (AvgIpc) is 2.43. The highest BCUT2D eigenvalue weighted by Gasteiger charge is 2.19. The van der Waals surface area contributed by atoms with Crippen LogP contribution in [0.4, 0.5) is 0 Å². The Labute approximate surface area is 117 Å². The third kappa shape index (κ3) is 3.75. The first-order valence-electron chi connectivity index (χ1n) is 7.71. The van der Waals surface area contributed by atoms with Crippen molar-refractivity contribution in [2.75, 3.05) is 13.6 Å². The van der Waals surface area contributed by atoms with Gasteiger partial charge in [0.25, 0.3) is 0 Å². The number of aryl methyl sites for hydroxylation is 2. The van der Waals surface area contributed by atoms with Gasteiger partial charge in [-0.25, -0.2) is 9.97 Å². The van der Waals surface area contributed by atoms with E-state index in [0.29, 0.717) is 5.92 Å². The lowest BCUT2D eigenvalue weighted by atomic mass is 9.88. The Kier molecular flexibility index (Phi) is 5.32. The molecular formula is C16H27N3. The van der Waals surface area contributed by atoms with Gasteiger partial charge >= 0.3 is 0 Å². The van der Waals surface area contributed by atoms with E-state index in [9.17, 15) is 0 Å². The third-order valence-corrected chi connectivity index (χ3v) is 4.26. The zero-order chi connectivity index (χ0) is 13.7. The highest BCUT2D eigenvalue weighted by Crippen LogP contribution is 2.31. The van der Waals surface area contributed by atoms with Crippen molar-refractivity contribution in [3.8, 4) is 0 Å². The van der Waals surface area contributed by atoms with E-state index in [2.05, 4.69) is 19.2 Å². The minimum absolute atomic E-state index is 0.609. The zero-order valence-electron chi connectivity index (χ0n) is 12.6. The predicted molar refractivity (Wildman–Crippen MR) is 79.6 cm³/mol. The highest BCUT2D eigenvalue weighted by atomic mass is 14.9. The van der Waals surface area contributed by atoms with Crippen LogP contribution in [0.15, 0.2) is 0 Å². The van der Waals surface area contributed by atoms with Gasteiger partial charge in [0, 0.05) is 17.3 Å². The lowest BCUT2D eigenvalue weighted by Crippen LogP contribution is -2.14. The number of hydrogen-bond acceptors (Lipinski definition) is 3. The first-order chi connectivity index (χ1) is 9.22. The maximum atomic E-state index is 4.80. The van der Waals surface area contributed by atoms with Gasteiger partial charge in [-0.15, -0.1) is 0 Å². The second-order valence-electron chi connectivity index (χ2n) is 5.77. The van der Waals surface area contributed by atoms with E-state index in [4.69, 9.17) is 9.97 Å². The maximum Gasteiger partial charge on any atom is 0.131 e. The van der Waals surface area contributed by atoms with E-state index in [1.165, 1.54) is 49.1 Å². The fourth-order valence-electron chi connectivity index (χ4n) is 3.11.